The number of primary amides is 1. The number of hydrogen-bond acceptors (Lipinski definition) is 10. The molecule has 0 aliphatic carbocycles. The van der Waals surface area contributed by atoms with Gasteiger partial charge in [0.15, 0.2) is 5.96 Å². The van der Waals surface area contributed by atoms with E-state index in [1.165, 1.54) is 12.5 Å². The first kappa shape index (κ1) is 47.9. The van der Waals surface area contributed by atoms with Crippen LogP contribution in [0.25, 0.3) is 10.9 Å². The van der Waals surface area contributed by atoms with Crippen molar-refractivity contribution >= 4 is 64.2 Å². The molecule has 0 unspecified atom stereocenters. The van der Waals surface area contributed by atoms with Crippen LogP contribution < -0.4 is 49.1 Å². The maximum Gasteiger partial charge on any atom is 0.303 e. The molecule has 2 heterocycles. The topological polar surface area (TPSA) is 364 Å². The quantitative estimate of drug-likeness (QED) is 0.0193. The first-order chi connectivity index (χ1) is 30.1. The number of rotatable bonds is 25. The van der Waals surface area contributed by atoms with Gasteiger partial charge < -0.3 is 64.2 Å². The lowest BCUT2D eigenvalue weighted by atomic mass is 10.0. The predicted octanol–water partition coefficient (Wildman–Crippen LogP) is -2.12. The summed E-state index contributed by atoms with van der Waals surface area (Å²) in [6, 6.07) is 9.32. The SMILES string of the molecule is CC(=O)N[C@@H](CCC(=O)O)C(=O)N[C@@H](Cc1cnc[nH]1)C(=O)N[C@@H](Cc1ccccc1)C(=O)N[C@@H](CCCN=C(N)N)C(=O)N[C@@H](Cc1c[nH]c2ccccc12)C(=O)NCC(N)=O. The van der Waals surface area contributed by atoms with E-state index < -0.39 is 90.5 Å². The van der Waals surface area contributed by atoms with Crippen molar-refractivity contribution < 1.29 is 43.5 Å². The maximum atomic E-state index is 14.4. The number of nitrogens with zero attached hydrogens (tertiary/aromatic N) is 2. The fourth-order valence-corrected chi connectivity index (χ4v) is 6.56. The molecule has 22 heteroatoms. The zero-order valence-electron chi connectivity index (χ0n) is 34.5. The van der Waals surface area contributed by atoms with Gasteiger partial charge in [-0.15, -0.1) is 0 Å². The number of carbonyl (C=O) groups is 8. The van der Waals surface area contributed by atoms with Gasteiger partial charge in [0.05, 0.1) is 12.9 Å². The molecule has 63 heavy (non-hydrogen) atoms. The third-order valence-electron chi connectivity index (χ3n) is 9.62. The molecule has 0 fully saturated rings. The normalized spacial score (nSPS) is 13.2. The van der Waals surface area contributed by atoms with Gasteiger partial charge in [-0.3, -0.25) is 43.3 Å². The minimum absolute atomic E-state index is 0.0236. The van der Waals surface area contributed by atoms with Crippen LogP contribution in [-0.2, 0) is 57.6 Å². The lowest BCUT2D eigenvalue weighted by Crippen LogP contribution is -2.60. The molecule has 4 aromatic rings. The predicted molar refractivity (Wildman–Crippen MR) is 229 cm³/mol. The minimum atomic E-state index is -1.38. The number of aliphatic imine (C=N–C) groups is 1. The van der Waals surface area contributed by atoms with Crippen LogP contribution in [-0.4, -0.2) is 117 Å². The van der Waals surface area contributed by atoms with Gasteiger partial charge in [0.2, 0.25) is 41.4 Å². The largest absolute Gasteiger partial charge is 0.481 e. The number of imidazole rings is 1. The Balaban J connectivity index is 1.63. The molecule has 0 saturated heterocycles. The Hall–Kier alpha value is -7.78. The monoisotopic (exact) mass is 871 g/mol. The van der Waals surface area contributed by atoms with Gasteiger partial charge in [0.25, 0.3) is 0 Å². The van der Waals surface area contributed by atoms with Gasteiger partial charge in [-0.2, -0.15) is 0 Å². The van der Waals surface area contributed by atoms with Gasteiger partial charge in [-0.1, -0.05) is 48.5 Å². The molecule has 15 N–H and O–H groups in total. The second-order valence-corrected chi connectivity index (χ2v) is 14.6. The van der Waals surface area contributed by atoms with E-state index in [1.807, 2.05) is 24.3 Å². The number of nitrogens with two attached hydrogens (primary N) is 3. The van der Waals surface area contributed by atoms with E-state index in [1.54, 1.807) is 36.5 Å². The number of nitrogens with one attached hydrogen (secondary N) is 8. The number of amides is 7. The second kappa shape index (κ2) is 23.9. The van der Waals surface area contributed by atoms with Crippen molar-refractivity contribution in [3.8, 4) is 0 Å². The van der Waals surface area contributed by atoms with Crippen LogP contribution in [0.15, 0.2) is 78.3 Å². The number of fused-ring (bicyclic) bond motifs is 1. The van der Waals surface area contributed by atoms with Gasteiger partial charge in [0.1, 0.15) is 30.2 Å². The zero-order valence-corrected chi connectivity index (χ0v) is 34.5. The van der Waals surface area contributed by atoms with Crippen molar-refractivity contribution in [1.82, 2.24) is 46.9 Å². The van der Waals surface area contributed by atoms with E-state index in [-0.39, 0.29) is 51.0 Å². The third-order valence-corrected chi connectivity index (χ3v) is 9.62. The lowest BCUT2D eigenvalue weighted by Gasteiger charge is -2.27. The lowest BCUT2D eigenvalue weighted by molar-refractivity contribution is -0.138. The van der Waals surface area contributed by atoms with E-state index in [9.17, 15) is 43.5 Å². The van der Waals surface area contributed by atoms with E-state index in [2.05, 4.69) is 51.8 Å². The number of H-pyrrole nitrogens is 2. The number of aromatic nitrogens is 3. The molecular formula is C41H53N13O9. The zero-order chi connectivity index (χ0) is 45.9. The minimum Gasteiger partial charge on any atom is -0.481 e. The molecule has 0 saturated carbocycles. The highest BCUT2D eigenvalue weighted by atomic mass is 16.4. The Morgan fingerprint density at radius 1 is 0.698 bits per heavy atom. The Kier molecular flexibility index (Phi) is 18.1. The molecule has 0 radical (unpaired) electrons. The van der Waals surface area contributed by atoms with Crippen LogP contribution in [0.4, 0.5) is 0 Å². The van der Waals surface area contributed by atoms with Crippen LogP contribution in [0.3, 0.4) is 0 Å². The van der Waals surface area contributed by atoms with Crippen LogP contribution in [0, 0.1) is 0 Å². The number of hydrogen-bond donors (Lipinski definition) is 12. The van der Waals surface area contributed by atoms with Gasteiger partial charge in [-0.05, 0) is 36.5 Å². The number of para-hydroxylation sites is 1. The number of benzene rings is 2. The van der Waals surface area contributed by atoms with E-state index in [4.69, 9.17) is 17.2 Å². The Bertz CT molecular complexity index is 2240. The van der Waals surface area contributed by atoms with Crippen LogP contribution in [0.2, 0.25) is 0 Å². The molecule has 7 amide bonds. The summed E-state index contributed by atoms with van der Waals surface area (Å²) in [6.45, 7) is 0.724. The number of carbonyl (C=O) groups excluding carboxylic acids is 7. The van der Waals surface area contributed by atoms with Gasteiger partial charge >= 0.3 is 5.97 Å². The van der Waals surface area contributed by atoms with Crippen molar-refractivity contribution in [2.75, 3.05) is 13.1 Å². The standard InChI is InChI=1S/C41H53N13O9/c1-23(55)50-30(13-14-35(57)58)38(61)54-33(18-26-20-45-22-49-26)40(63)52-31(16-24-8-3-2-4-9-24)39(62)51-29(12-7-15-46-41(43)44)37(60)53-32(36(59)48-21-34(42)56)17-25-19-47-28-11-6-5-10-27(25)28/h2-6,8-11,19-20,22,29-33,47H,7,12-18,21H2,1H3,(H2,42,56)(H,45,49)(H,48,59)(H,50,55)(H,51,62)(H,52,63)(H,53,60)(H,54,61)(H,57,58)(H4,43,44,46)/t29-,30-,31-,32-,33-/m0/s1. The molecule has 5 atom stereocenters. The third kappa shape index (κ3) is 16.0. The van der Waals surface area contributed by atoms with Crippen molar-refractivity contribution in [1.29, 1.82) is 0 Å². The molecule has 0 aliphatic rings. The number of carboxylic acid groups (broad SMARTS) is 1. The van der Waals surface area contributed by atoms with Gasteiger partial charge in [-0.25, -0.2) is 4.98 Å². The highest BCUT2D eigenvalue weighted by Crippen LogP contribution is 2.19. The van der Waals surface area contributed by atoms with Crippen LogP contribution >= 0.6 is 0 Å². The van der Waals surface area contributed by atoms with E-state index in [0.717, 1.165) is 17.8 Å². The molecule has 0 spiro atoms. The fraction of sp³-hybridized carbons (Fsp3) is 0.366. The van der Waals surface area contributed by atoms with Crippen molar-refractivity contribution in [2.24, 2.45) is 22.2 Å². The molecule has 336 valence electrons. The molecular weight excluding hydrogens is 819 g/mol. The summed E-state index contributed by atoms with van der Waals surface area (Å²) in [5.41, 5.74) is 18.8. The van der Waals surface area contributed by atoms with Crippen molar-refractivity contribution in [3.63, 3.8) is 0 Å². The summed E-state index contributed by atoms with van der Waals surface area (Å²) in [5, 5.41) is 25.5. The first-order valence-corrected chi connectivity index (χ1v) is 20.0. The van der Waals surface area contributed by atoms with Crippen LogP contribution in [0.1, 0.15) is 49.4 Å². The number of aromatic amines is 2. The Labute approximate surface area is 361 Å². The van der Waals surface area contributed by atoms with E-state index >= 15 is 0 Å². The number of aliphatic carboxylic acids is 1. The fourth-order valence-electron chi connectivity index (χ4n) is 6.56. The molecule has 0 aliphatic heterocycles. The number of carboxylic acids is 1. The van der Waals surface area contributed by atoms with Crippen molar-refractivity contribution in [3.05, 3.63) is 90.1 Å². The van der Waals surface area contributed by atoms with E-state index in [0.29, 0.717) is 16.8 Å². The Morgan fingerprint density at radius 3 is 1.89 bits per heavy atom. The summed E-state index contributed by atoms with van der Waals surface area (Å²) < 4.78 is 0. The molecule has 2 aromatic heterocycles. The van der Waals surface area contributed by atoms with Crippen LogP contribution in [0.5, 0.6) is 0 Å². The highest BCUT2D eigenvalue weighted by molar-refractivity contribution is 5.97. The first-order valence-electron chi connectivity index (χ1n) is 20.0. The summed E-state index contributed by atoms with van der Waals surface area (Å²) in [4.78, 5) is 118. The maximum absolute atomic E-state index is 14.4. The summed E-state index contributed by atoms with van der Waals surface area (Å²) in [5.74, 6) is -6.84. The Morgan fingerprint density at radius 2 is 1.29 bits per heavy atom. The second-order valence-electron chi connectivity index (χ2n) is 14.6. The highest BCUT2D eigenvalue weighted by Gasteiger charge is 2.33. The molecule has 22 nitrogen and oxygen atoms in total. The van der Waals surface area contributed by atoms with Gasteiger partial charge in [0, 0.05) is 68.1 Å². The molecule has 4 rings (SSSR count). The molecule has 2 aromatic carbocycles. The number of guanidine groups is 1. The average molecular weight is 872 g/mol. The summed E-state index contributed by atoms with van der Waals surface area (Å²) in [6.07, 6.45) is 3.60. The smallest absolute Gasteiger partial charge is 0.303 e. The average Bonchev–Trinajstić information content (AvgIpc) is 3.91. The summed E-state index contributed by atoms with van der Waals surface area (Å²) in [7, 11) is 0. The van der Waals surface area contributed by atoms with Crippen molar-refractivity contribution in [2.45, 2.75) is 82.1 Å². The molecule has 0 bridgehead atoms. The summed E-state index contributed by atoms with van der Waals surface area (Å²) >= 11 is 0.